The zero-order valence-corrected chi connectivity index (χ0v) is 15.4. The first-order chi connectivity index (χ1) is 12.6. The van der Waals surface area contributed by atoms with E-state index in [9.17, 15) is 4.79 Å². The van der Waals surface area contributed by atoms with E-state index in [0.717, 1.165) is 12.0 Å². The van der Waals surface area contributed by atoms with Crippen LogP contribution in [0.3, 0.4) is 0 Å². The molecule has 132 valence electrons. The first kappa shape index (κ1) is 17.1. The highest BCUT2D eigenvalue weighted by Crippen LogP contribution is 2.47. The lowest BCUT2D eigenvalue weighted by Gasteiger charge is -2.06. The highest BCUT2D eigenvalue weighted by atomic mass is 35.5. The van der Waals surface area contributed by atoms with Crippen LogP contribution >= 0.6 is 23.2 Å². The highest BCUT2D eigenvalue weighted by Gasteiger charge is 2.43. The van der Waals surface area contributed by atoms with Crippen LogP contribution in [0, 0.1) is 5.92 Å². The number of nitrogens with zero attached hydrogens (tertiary/aromatic N) is 2. The van der Waals surface area contributed by atoms with Gasteiger partial charge in [-0.15, -0.1) is 0 Å². The van der Waals surface area contributed by atoms with E-state index in [1.165, 1.54) is 5.56 Å². The van der Waals surface area contributed by atoms with Gasteiger partial charge in [-0.2, -0.15) is 5.10 Å². The van der Waals surface area contributed by atoms with Crippen LogP contribution in [0.15, 0.2) is 60.9 Å². The molecule has 1 aliphatic rings. The summed E-state index contributed by atoms with van der Waals surface area (Å²) >= 11 is 12.4. The van der Waals surface area contributed by atoms with Crippen LogP contribution < -0.4 is 5.32 Å². The summed E-state index contributed by atoms with van der Waals surface area (Å²) in [5.74, 6) is 0.376. The molecular weight excluding hydrogens is 369 g/mol. The van der Waals surface area contributed by atoms with E-state index >= 15 is 0 Å². The zero-order chi connectivity index (χ0) is 18.1. The Bertz CT molecular complexity index is 919. The average Bonchev–Trinajstić information content (AvgIpc) is 3.33. The summed E-state index contributed by atoms with van der Waals surface area (Å²) in [5.41, 5.74) is 2.71. The molecule has 0 radical (unpaired) electrons. The quantitative estimate of drug-likeness (QED) is 0.672. The summed E-state index contributed by atoms with van der Waals surface area (Å²) in [5, 5.41) is 8.44. The van der Waals surface area contributed by atoms with Gasteiger partial charge in [-0.1, -0.05) is 59.6 Å². The maximum atomic E-state index is 12.4. The Hall–Kier alpha value is -2.30. The van der Waals surface area contributed by atoms with Crippen LogP contribution in [-0.4, -0.2) is 15.7 Å². The number of carbonyl (C=O) groups excluding carboxylic acids is 1. The van der Waals surface area contributed by atoms with Crippen molar-refractivity contribution >= 4 is 34.8 Å². The number of aromatic nitrogens is 2. The minimum Gasteiger partial charge on any atom is -0.323 e. The molecule has 1 amide bonds. The molecule has 2 atom stereocenters. The third-order valence-electron chi connectivity index (χ3n) is 4.64. The van der Waals surface area contributed by atoms with Crippen LogP contribution in [-0.2, 0) is 11.3 Å². The van der Waals surface area contributed by atoms with E-state index in [4.69, 9.17) is 23.2 Å². The molecule has 0 bridgehead atoms. The van der Waals surface area contributed by atoms with Crippen LogP contribution in [0.1, 0.15) is 23.5 Å². The number of nitrogens with one attached hydrogen (secondary N) is 1. The Morgan fingerprint density at radius 1 is 1.12 bits per heavy atom. The Balaban J connectivity index is 1.39. The maximum absolute atomic E-state index is 12.4. The fourth-order valence-corrected chi connectivity index (χ4v) is 3.67. The average molecular weight is 386 g/mol. The van der Waals surface area contributed by atoms with Crippen molar-refractivity contribution in [3.05, 3.63) is 82.1 Å². The number of benzene rings is 2. The summed E-state index contributed by atoms with van der Waals surface area (Å²) in [6, 6.07) is 15.5. The summed E-state index contributed by atoms with van der Waals surface area (Å²) in [4.78, 5) is 12.4. The van der Waals surface area contributed by atoms with Crippen LogP contribution in [0.25, 0.3) is 0 Å². The van der Waals surface area contributed by atoms with Gasteiger partial charge in [0.1, 0.15) is 0 Å². The molecular formula is C20H17Cl2N3O. The third kappa shape index (κ3) is 3.62. The van der Waals surface area contributed by atoms with Gasteiger partial charge < -0.3 is 5.32 Å². The molecule has 1 saturated carbocycles. The van der Waals surface area contributed by atoms with Gasteiger partial charge in [0, 0.05) is 27.7 Å². The number of halogens is 2. The topological polar surface area (TPSA) is 46.9 Å². The minimum atomic E-state index is 0.0266. The van der Waals surface area contributed by atoms with Crippen molar-refractivity contribution in [3.8, 4) is 0 Å². The largest absolute Gasteiger partial charge is 0.323 e. The lowest BCUT2D eigenvalue weighted by atomic mass is 10.1. The van der Waals surface area contributed by atoms with Crippen molar-refractivity contribution < 1.29 is 4.79 Å². The van der Waals surface area contributed by atoms with E-state index in [0.29, 0.717) is 28.2 Å². The molecule has 0 spiro atoms. The van der Waals surface area contributed by atoms with Crippen molar-refractivity contribution in [2.75, 3.05) is 5.32 Å². The van der Waals surface area contributed by atoms with Crippen molar-refractivity contribution in [2.24, 2.45) is 5.92 Å². The molecule has 6 heteroatoms. The first-order valence-corrected chi connectivity index (χ1v) is 9.18. The van der Waals surface area contributed by atoms with Crippen molar-refractivity contribution in [1.29, 1.82) is 0 Å². The van der Waals surface area contributed by atoms with E-state index in [1.807, 2.05) is 24.3 Å². The molecule has 1 fully saturated rings. The van der Waals surface area contributed by atoms with Crippen LogP contribution in [0.4, 0.5) is 5.69 Å². The Kier molecular flexibility index (Phi) is 4.70. The van der Waals surface area contributed by atoms with Gasteiger partial charge in [-0.25, -0.2) is 0 Å². The van der Waals surface area contributed by atoms with Gasteiger partial charge >= 0.3 is 0 Å². The third-order valence-corrected chi connectivity index (χ3v) is 5.35. The minimum absolute atomic E-state index is 0.0266. The second kappa shape index (κ2) is 7.14. The number of amides is 1. The van der Waals surface area contributed by atoms with Crippen molar-refractivity contribution in [1.82, 2.24) is 9.78 Å². The van der Waals surface area contributed by atoms with Gasteiger partial charge in [0.15, 0.2) is 0 Å². The maximum Gasteiger partial charge on any atom is 0.228 e. The Morgan fingerprint density at radius 2 is 1.85 bits per heavy atom. The van der Waals surface area contributed by atoms with Gasteiger partial charge in [0.2, 0.25) is 5.91 Å². The molecule has 1 heterocycles. The second-order valence-electron chi connectivity index (χ2n) is 6.48. The number of hydrogen-bond donors (Lipinski definition) is 1. The monoisotopic (exact) mass is 385 g/mol. The van der Waals surface area contributed by atoms with Crippen molar-refractivity contribution in [2.45, 2.75) is 18.9 Å². The summed E-state index contributed by atoms with van der Waals surface area (Å²) in [6.45, 7) is 0.449. The molecule has 0 unspecified atom stereocenters. The number of hydrogen-bond acceptors (Lipinski definition) is 2. The highest BCUT2D eigenvalue weighted by molar-refractivity contribution is 6.35. The summed E-state index contributed by atoms with van der Waals surface area (Å²) < 4.78 is 1.71. The van der Waals surface area contributed by atoms with Crippen LogP contribution in [0.5, 0.6) is 0 Å². The molecule has 1 aliphatic carbocycles. The van der Waals surface area contributed by atoms with Gasteiger partial charge in [0.25, 0.3) is 0 Å². The Morgan fingerprint density at radius 3 is 2.58 bits per heavy atom. The molecule has 1 aromatic heterocycles. The predicted molar refractivity (Wildman–Crippen MR) is 104 cm³/mol. The molecule has 4 nitrogen and oxygen atoms in total. The molecule has 0 aliphatic heterocycles. The predicted octanol–water partition coefficient (Wildman–Crippen LogP) is 4.98. The molecule has 0 saturated heterocycles. The van der Waals surface area contributed by atoms with E-state index in [-0.39, 0.29) is 11.8 Å². The van der Waals surface area contributed by atoms with Gasteiger partial charge in [-0.05, 0) is 30.0 Å². The number of rotatable bonds is 5. The van der Waals surface area contributed by atoms with E-state index < -0.39 is 0 Å². The van der Waals surface area contributed by atoms with E-state index in [1.54, 1.807) is 29.2 Å². The second-order valence-corrected chi connectivity index (χ2v) is 7.29. The SMILES string of the molecule is O=C(Nc1cnn(Cc2c(Cl)cccc2Cl)c1)[C@H]1C[C@@H]1c1ccccc1. The molecule has 26 heavy (non-hydrogen) atoms. The zero-order valence-electron chi connectivity index (χ0n) is 13.9. The summed E-state index contributed by atoms with van der Waals surface area (Å²) in [6.07, 6.45) is 4.32. The lowest BCUT2D eigenvalue weighted by Crippen LogP contribution is -2.14. The summed E-state index contributed by atoms with van der Waals surface area (Å²) in [7, 11) is 0. The molecule has 4 rings (SSSR count). The van der Waals surface area contributed by atoms with E-state index in [2.05, 4.69) is 22.5 Å². The van der Waals surface area contributed by atoms with Gasteiger partial charge in [-0.3, -0.25) is 9.48 Å². The fraction of sp³-hybridized carbons (Fsp3) is 0.200. The number of carbonyl (C=O) groups is 1. The number of anilines is 1. The normalized spacial score (nSPS) is 18.5. The molecule has 3 aromatic rings. The first-order valence-electron chi connectivity index (χ1n) is 8.43. The lowest BCUT2D eigenvalue weighted by molar-refractivity contribution is -0.117. The fourth-order valence-electron chi connectivity index (χ4n) is 3.15. The molecule has 2 aromatic carbocycles. The smallest absolute Gasteiger partial charge is 0.228 e. The van der Waals surface area contributed by atoms with Crippen LogP contribution in [0.2, 0.25) is 10.0 Å². The molecule has 1 N–H and O–H groups in total. The van der Waals surface area contributed by atoms with Crippen molar-refractivity contribution in [3.63, 3.8) is 0 Å². The van der Waals surface area contributed by atoms with Gasteiger partial charge in [0.05, 0.1) is 18.4 Å². The standard InChI is InChI=1S/C20H17Cl2N3O/c21-18-7-4-8-19(22)17(18)12-25-11-14(10-23-25)24-20(26)16-9-15(16)13-5-2-1-3-6-13/h1-8,10-11,15-16H,9,12H2,(H,24,26)/t15-,16+/m1/s1. The Labute approximate surface area is 161 Å².